The number of para-hydroxylation sites is 2. The SMILES string of the molecule is CCN(c1ccccc1)S(=O)(=O)c1ccc(NC[C@H](c2ccccc2OC)N2CCCC2)nc1. The van der Waals surface area contributed by atoms with Crippen LogP contribution in [-0.2, 0) is 10.0 Å². The Morgan fingerprint density at radius 2 is 1.74 bits per heavy atom. The second-order valence-electron chi connectivity index (χ2n) is 8.27. The summed E-state index contributed by atoms with van der Waals surface area (Å²) >= 11 is 0. The molecule has 0 saturated carbocycles. The molecule has 0 spiro atoms. The number of benzene rings is 2. The van der Waals surface area contributed by atoms with E-state index in [0.29, 0.717) is 24.6 Å². The Kier molecular flexibility index (Phi) is 7.70. The van der Waals surface area contributed by atoms with Crippen molar-refractivity contribution < 1.29 is 13.2 Å². The van der Waals surface area contributed by atoms with Crippen LogP contribution in [0, 0.1) is 0 Å². The first kappa shape index (κ1) is 24.0. The van der Waals surface area contributed by atoms with E-state index >= 15 is 0 Å². The van der Waals surface area contributed by atoms with Gasteiger partial charge in [-0.15, -0.1) is 0 Å². The average Bonchev–Trinajstić information content (AvgIpc) is 3.40. The fourth-order valence-corrected chi connectivity index (χ4v) is 5.90. The lowest BCUT2D eigenvalue weighted by Gasteiger charge is -2.29. The van der Waals surface area contributed by atoms with Crippen molar-refractivity contribution in [1.82, 2.24) is 9.88 Å². The fraction of sp³-hybridized carbons (Fsp3) is 0.346. The molecule has 1 aliphatic rings. The van der Waals surface area contributed by atoms with Crippen LogP contribution in [0.4, 0.5) is 11.5 Å². The van der Waals surface area contributed by atoms with Gasteiger partial charge in [-0.25, -0.2) is 13.4 Å². The molecule has 0 unspecified atom stereocenters. The monoisotopic (exact) mass is 480 g/mol. The van der Waals surface area contributed by atoms with Crippen LogP contribution >= 0.6 is 0 Å². The number of ether oxygens (including phenoxy) is 1. The molecule has 8 heteroatoms. The first-order valence-corrected chi connectivity index (χ1v) is 13.1. The maximum atomic E-state index is 13.2. The van der Waals surface area contributed by atoms with E-state index in [1.807, 2.05) is 43.3 Å². The van der Waals surface area contributed by atoms with Gasteiger partial charge in [0.1, 0.15) is 16.5 Å². The number of hydrogen-bond acceptors (Lipinski definition) is 6. The molecule has 2 aromatic carbocycles. The second kappa shape index (κ2) is 10.9. The van der Waals surface area contributed by atoms with Crippen LogP contribution in [-0.4, -0.2) is 51.6 Å². The maximum Gasteiger partial charge on any atom is 0.265 e. The Balaban J connectivity index is 1.51. The molecular weight excluding hydrogens is 448 g/mol. The number of pyridine rings is 1. The van der Waals surface area contributed by atoms with Gasteiger partial charge in [-0.2, -0.15) is 0 Å². The van der Waals surface area contributed by atoms with Crippen molar-refractivity contribution in [3.05, 3.63) is 78.5 Å². The molecule has 1 atom stereocenters. The summed E-state index contributed by atoms with van der Waals surface area (Å²) in [6.07, 6.45) is 3.80. The smallest absolute Gasteiger partial charge is 0.265 e. The highest BCUT2D eigenvalue weighted by Crippen LogP contribution is 2.32. The van der Waals surface area contributed by atoms with Crippen molar-refractivity contribution in [2.24, 2.45) is 0 Å². The molecule has 1 aliphatic heterocycles. The van der Waals surface area contributed by atoms with E-state index in [2.05, 4.69) is 21.3 Å². The van der Waals surface area contributed by atoms with Crippen molar-refractivity contribution >= 4 is 21.5 Å². The summed E-state index contributed by atoms with van der Waals surface area (Å²) in [6, 6.07) is 20.7. The normalized spacial score (nSPS) is 15.1. The van der Waals surface area contributed by atoms with Crippen LogP contribution in [0.15, 0.2) is 77.8 Å². The van der Waals surface area contributed by atoms with E-state index in [1.165, 1.54) is 23.3 Å². The molecule has 1 saturated heterocycles. The number of nitrogens with one attached hydrogen (secondary N) is 1. The van der Waals surface area contributed by atoms with Gasteiger partial charge in [0.25, 0.3) is 10.0 Å². The largest absolute Gasteiger partial charge is 0.496 e. The molecule has 2 heterocycles. The average molecular weight is 481 g/mol. The van der Waals surface area contributed by atoms with E-state index in [1.54, 1.807) is 31.4 Å². The van der Waals surface area contributed by atoms with Gasteiger partial charge in [-0.05, 0) is 63.2 Å². The van der Waals surface area contributed by atoms with E-state index in [0.717, 1.165) is 24.4 Å². The summed E-state index contributed by atoms with van der Waals surface area (Å²) in [5.41, 5.74) is 1.78. The third kappa shape index (κ3) is 5.18. The lowest BCUT2D eigenvalue weighted by Crippen LogP contribution is -2.32. The topological polar surface area (TPSA) is 74.8 Å². The molecule has 180 valence electrons. The van der Waals surface area contributed by atoms with Crippen molar-refractivity contribution in [3.63, 3.8) is 0 Å². The molecule has 1 aromatic heterocycles. The van der Waals surface area contributed by atoms with E-state index in [4.69, 9.17) is 4.74 Å². The van der Waals surface area contributed by atoms with Crippen molar-refractivity contribution in [1.29, 1.82) is 0 Å². The highest BCUT2D eigenvalue weighted by molar-refractivity contribution is 7.92. The number of rotatable bonds is 10. The third-order valence-electron chi connectivity index (χ3n) is 6.21. The van der Waals surface area contributed by atoms with E-state index < -0.39 is 10.0 Å². The van der Waals surface area contributed by atoms with Gasteiger partial charge in [0, 0.05) is 24.8 Å². The van der Waals surface area contributed by atoms with Gasteiger partial charge in [0.2, 0.25) is 0 Å². The fourth-order valence-electron chi connectivity index (χ4n) is 4.48. The summed E-state index contributed by atoms with van der Waals surface area (Å²) in [6.45, 7) is 4.89. The lowest BCUT2D eigenvalue weighted by atomic mass is 10.0. The van der Waals surface area contributed by atoms with E-state index in [-0.39, 0.29) is 10.9 Å². The molecule has 0 aliphatic carbocycles. The molecule has 0 radical (unpaired) electrons. The summed E-state index contributed by atoms with van der Waals surface area (Å²) < 4.78 is 33.4. The molecule has 34 heavy (non-hydrogen) atoms. The number of anilines is 2. The van der Waals surface area contributed by atoms with Gasteiger partial charge in [0.05, 0.1) is 18.8 Å². The zero-order chi connectivity index (χ0) is 24.0. The van der Waals surface area contributed by atoms with Crippen molar-refractivity contribution in [3.8, 4) is 5.75 Å². The van der Waals surface area contributed by atoms with Crippen molar-refractivity contribution in [2.45, 2.75) is 30.7 Å². The minimum absolute atomic E-state index is 0.137. The number of aromatic nitrogens is 1. The molecule has 1 N–H and O–H groups in total. The third-order valence-corrected chi connectivity index (χ3v) is 8.10. The molecule has 0 bridgehead atoms. The van der Waals surface area contributed by atoms with Gasteiger partial charge >= 0.3 is 0 Å². The second-order valence-corrected chi connectivity index (χ2v) is 10.1. The van der Waals surface area contributed by atoms with Gasteiger partial charge < -0.3 is 10.1 Å². The highest BCUT2D eigenvalue weighted by atomic mass is 32.2. The Hall–Kier alpha value is -3.10. The standard InChI is InChI=1S/C26H32N4O3S/c1-3-30(21-11-5-4-6-12-21)34(31,32)22-15-16-26(27-19-22)28-20-24(29-17-9-10-18-29)23-13-7-8-14-25(23)33-2/h4-8,11-16,19,24H,3,9-10,17-18,20H2,1-2H3,(H,27,28)/t24-/m1/s1. The van der Waals surface area contributed by atoms with Crippen LogP contribution in [0.2, 0.25) is 0 Å². The molecule has 0 amide bonds. The number of hydrogen-bond donors (Lipinski definition) is 1. The zero-order valence-electron chi connectivity index (χ0n) is 19.7. The predicted octanol–water partition coefficient (Wildman–Crippen LogP) is 4.55. The molecular formula is C26H32N4O3S. The molecule has 7 nitrogen and oxygen atoms in total. The summed E-state index contributed by atoms with van der Waals surface area (Å²) in [5.74, 6) is 1.51. The van der Waals surface area contributed by atoms with Crippen LogP contribution in [0.5, 0.6) is 5.75 Å². The highest BCUT2D eigenvalue weighted by Gasteiger charge is 2.26. The Labute approximate surface area is 202 Å². The minimum atomic E-state index is -3.70. The van der Waals surface area contributed by atoms with Crippen LogP contribution in [0.25, 0.3) is 0 Å². The Bertz CT molecular complexity index is 1160. The number of methoxy groups -OCH3 is 1. The number of sulfonamides is 1. The van der Waals surface area contributed by atoms with Crippen LogP contribution in [0.3, 0.4) is 0 Å². The summed E-state index contributed by atoms with van der Waals surface area (Å²) in [4.78, 5) is 7.06. The Morgan fingerprint density at radius 3 is 2.38 bits per heavy atom. The zero-order valence-corrected chi connectivity index (χ0v) is 20.5. The van der Waals surface area contributed by atoms with Gasteiger partial charge in [-0.1, -0.05) is 36.4 Å². The summed E-state index contributed by atoms with van der Waals surface area (Å²) in [7, 11) is -2.00. The minimum Gasteiger partial charge on any atom is -0.496 e. The number of nitrogens with zero attached hydrogens (tertiary/aromatic N) is 3. The summed E-state index contributed by atoms with van der Waals surface area (Å²) in [5, 5.41) is 3.41. The molecule has 4 rings (SSSR count). The lowest BCUT2D eigenvalue weighted by molar-refractivity contribution is 0.249. The predicted molar refractivity (Wildman–Crippen MR) is 136 cm³/mol. The first-order valence-electron chi connectivity index (χ1n) is 11.7. The number of likely N-dealkylation sites (tertiary alicyclic amines) is 1. The van der Waals surface area contributed by atoms with E-state index in [9.17, 15) is 8.42 Å². The Morgan fingerprint density at radius 1 is 1.03 bits per heavy atom. The van der Waals surface area contributed by atoms with Crippen molar-refractivity contribution in [2.75, 3.05) is 42.9 Å². The van der Waals surface area contributed by atoms with Crippen LogP contribution in [0.1, 0.15) is 31.4 Å². The molecule has 1 fully saturated rings. The first-order chi connectivity index (χ1) is 16.5. The molecule has 3 aromatic rings. The van der Waals surface area contributed by atoms with Crippen LogP contribution < -0.4 is 14.4 Å². The van der Waals surface area contributed by atoms with Gasteiger partial charge in [-0.3, -0.25) is 9.21 Å². The maximum absolute atomic E-state index is 13.2. The quantitative estimate of drug-likeness (QED) is 0.459. The van der Waals surface area contributed by atoms with Gasteiger partial charge in [0.15, 0.2) is 0 Å².